The lowest BCUT2D eigenvalue weighted by Crippen LogP contribution is -2.19. The van der Waals surface area contributed by atoms with E-state index in [4.69, 9.17) is 4.74 Å². The fraction of sp³-hybridized carbons (Fsp3) is 0.278. The van der Waals surface area contributed by atoms with Gasteiger partial charge in [0.1, 0.15) is 11.4 Å². The van der Waals surface area contributed by atoms with Crippen LogP contribution in [0.3, 0.4) is 0 Å². The lowest BCUT2D eigenvalue weighted by molar-refractivity contribution is -0.116. The van der Waals surface area contributed by atoms with Gasteiger partial charge in [-0.25, -0.2) is 0 Å². The van der Waals surface area contributed by atoms with Crippen LogP contribution < -0.4 is 20.7 Å². The molecule has 2 amide bonds. The van der Waals surface area contributed by atoms with Crippen LogP contribution in [0.5, 0.6) is 11.5 Å². The fourth-order valence-electron chi connectivity index (χ4n) is 2.15. The third-order valence-electron chi connectivity index (χ3n) is 3.41. The Labute approximate surface area is 171 Å². The Bertz CT molecular complexity index is 744. The first-order chi connectivity index (χ1) is 12.1. The molecule has 0 bridgehead atoms. The van der Waals surface area contributed by atoms with Crippen molar-refractivity contribution in [3.63, 3.8) is 0 Å². The van der Waals surface area contributed by atoms with Crippen LogP contribution in [-0.4, -0.2) is 37.4 Å². The molecule has 0 aliphatic heterocycles. The number of hydrogen-bond acceptors (Lipinski definition) is 5. The largest absolute Gasteiger partial charge is 0.455 e. The van der Waals surface area contributed by atoms with Crippen molar-refractivity contribution < 1.29 is 14.3 Å². The van der Waals surface area contributed by atoms with Crippen molar-refractivity contribution in [1.82, 2.24) is 15.6 Å². The zero-order valence-corrected chi connectivity index (χ0v) is 16.8. The van der Waals surface area contributed by atoms with Gasteiger partial charge in [-0.3, -0.25) is 14.6 Å². The first-order valence-corrected chi connectivity index (χ1v) is 8.03. The summed E-state index contributed by atoms with van der Waals surface area (Å²) < 4.78 is 5.82. The molecule has 0 spiro atoms. The van der Waals surface area contributed by atoms with Gasteiger partial charge in [0.2, 0.25) is 5.91 Å². The fourth-order valence-corrected chi connectivity index (χ4v) is 2.15. The number of nitrogens with one attached hydrogen (secondary N) is 3. The van der Waals surface area contributed by atoms with Crippen molar-refractivity contribution in [2.75, 3.05) is 26.0 Å². The van der Waals surface area contributed by atoms with Crippen molar-refractivity contribution in [1.29, 1.82) is 0 Å². The third-order valence-corrected chi connectivity index (χ3v) is 3.41. The van der Waals surface area contributed by atoms with Crippen LogP contribution in [-0.2, 0) is 4.79 Å². The van der Waals surface area contributed by atoms with Crippen LogP contribution in [0.25, 0.3) is 0 Å². The van der Waals surface area contributed by atoms with Crippen molar-refractivity contribution in [2.45, 2.75) is 12.8 Å². The van der Waals surface area contributed by atoms with E-state index >= 15 is 0 Å². The van der Waals surface area contributed by atoms with Gasteiger partial charge in [-0.05, 0) is 38.2 Å². The summed E-state index contributed by atoms with van der Waals surface area (Å²) >= 11 is 0. The summed E-state index contributed by atoms with van der Waals surface area (Å²) in [5.41, 5.74) is 0.837. The highest BCUT2D eigenvalue weighted by molar-refractivity contribution is 5.93. The molecule has 0 saturated carbocycles. The predicted octanol–water partition coefficient (Wildman–Crippen LogP) is 3.02. The molecule has 0 fully saturated rings. The van der Waals surface area contributed by atoms with E-state index in [2.05, 4.69) is 20.9 Å². The summed E-state index contributed by atoms with van der Waals surface area (Å²) in [7, 11) is 3.39. The number of para-hydroxylation sites is 2. The zero-order chi connectivity index (χ0) is 18.1. The number of anilines is 1. The maximum absolute atomic E-state index is 12.0. The predicted molar refractivity (Wildman–Crippen MR) is 110 cm³/mol. The van der Waals surface area contributed by atoms with E-state index in [9.17, 15) is 9.59 Å². The molecule has 2 rings (SSSR count). The summed E-state index contributed by atoms with van der Waals surface area (Å²) in [5.74, 6) is 0.590. The Hall–Kier alpha value is -2.35. The van der Waals surface area contributed by atoms with Gasteiger partial charge in [-0.1, -0.05) is 12.1 Å². The molecule has 3 N–H and O–H groups in total. The van der Waals surface area contributed by atoms with Crippen molar-refractivity contribution in [3.8, 4) is 11.5 Å². The number of nitrogens with zero attached hydrogens (tertiary/aromatic N) is 1. The minimum atomic E-state index is -0.295. The van der Waals surface area contributed by atoms with E-state index in [1.54, 1.807) is 24.3 Å². The standard InChI is InChI=1S/C18H22N4O3.2ClH/c1-19-10-5-8-17(23)22-14-6-3-4-7-16(14)25-13-9-11-21-15(12-13)18(24)20-2;;/h3-4,6-7,9,11-12,19H,5,8,10H2,1-2H3,(H,20,24)(H,22,23);2*1H. The van der Waals surface area contributed by atoms with Crippen molar-refractivity contribution >= 4 is 42.3 Å². The minimum Gasteiger partial charge on any atom is -0.455 e. The summed E-state index contributed by atoms with van der Waals surface area (Å²) in [4.78, 5) is 27.7. The van der Waals surface area contributed by atoms with Gasteiger partial charge < -0.3 is 20.7 Å². The minimum absolute atomic E-state index is 0. The first kappa shape index (κ1) is 24.7. The quantitative estimate of drug-likeness (QED) is 0.577. The number of benzene rings is 1. The number of rotatable bonds is 8. The second kappa shape index (κ2) is 12.9. The molecule has 0 aliphatic carbocycles. The second-order valence-electron chi connectivity index (χ2n) is 5.31. The lowest BCUT2D eigenvalue weighted by Gasteiger charge is -2.12. The van der Waals surface area contributed by atoms with Gasteiger partial charge >= 0.3 is 0 Å². The van der Waals surface area contributed by atoms with E-state index in [0.717, 1.165) is 13.0 Å². The lowest BCUT2D eigenvalue weighted by atomic mass is 10.2. The van der Waals surface area contributed by atoms with E-state index < -0.39 is 0 Å². The smallest absolute Gasteiger partial charge is 0.269 e. The molecule has 0 unspecified atom stereocenters. The molecule has 2 aromatic rings. The number of aromatic nitrogens is 1. The summed E-state index contributed by atoms with van der Waals surface area (Å²) in [5, 5.41) is 8.37. The molecular weight excluding hydrogens is 391 g/mol. The topological polar surface area (TPSA) is 92.3 Å². The Morgan fingerprint density at radius 3 is 2.56 bits per heavy atom. The second-order valence-corrected chi connectivity index (χ2v) is 5.31. The first-order valence-electron chi connectivity index (χ1n) is 8.03. The summed E-state index contributed by atoms with van der Waals surface area (Å²) in [6.45, 7) is 0.783. The van der Waals surface area contributed by atoms with Crippen LogP contribution in [0.4, 0.5) is 5.69 Å². The van der Waals surface area contributed by atoms with Gasteiger partial charge in [-0.15, -0.1) is 24.8 Å². The van der Waals surface area contributed by atoms with E-state index in [1.165, 1.54) is 13.2 Å². The molecule has 0 aliphatic rings. The molecule has 1 aromatic heterocycles. The van der Waals surface area contributed by atoms with E-state index in [0.29, 0.717) is 23.6 Å². The number of carbonyl (C=O) groups excluding carboxylic acids is 2. The van der Waals surface area contributed by atoms with Crippen molar-refractivity contribution in [3.05, 3.63) is 48.3 Å². The highest BCUT2D eigenvalue weighted by Crippen LogP contribution is 2.29. The van der Waals surface area contributed by atoms with Crippen LogP contribution >= 0.6 is 24.8 Å². The van der Waals surface area contributed by atoms with Gasteiger partial charge in [0, 0.05) is 25.7 Å². The molecule has 0 atom stereocenters. The molecular formula is C18H24Cl2N4O3. The van der Waals surface area contributed by atoms with Gasteiger partial charge in [0.05, 0.1) is 5.69 Å². The molecule has 1 aromatic carbocycles. The van der Waals surface area contributed by atoms with Gasteiger partial charge in [-0.2, -0.15) is 0 Å². The molecule has 7 nitrogen and oxygen atoms in total. The maximum atomic E-state index is 12.0. The number of amides is 2. The van der Waals surface area contributed by atoms with E-state index in [-0.39, 0.29) is 42.3 Å². The summed E-state index contributed by atoms with van der Waals surface area (Å²) in [6.07, 6.45) is 2.68. The van der Waals surface area contributed by atoms with Crippen LogP contribution in [0.2, 0.25) is 0 Å². The normalized spacial score (nSPS) is 9.41. The molecule has 1 heterocycles. The number of pyridine rings is 1. The SMILES string of the molecule is CNCCCC(=O)Nc1ccccc1Oc1ccnc(C(=O)NC)c1.Cl.Cl. The van der Waals surface area contributed by atoms with Gasteiger partial charge in [0.15, 0.2) is 5.75 Å². The number of hydrogen-bond donors (Lipinski definition) is 3. The van der Waals surface area contributed by atoms with Crippen LogP contribution in [0.15, 0.2) is 42.6 Å². The molecule has 0 saturated heterocycles. The Morgan fingerprint density at radius 1 is 1.11 bits per heavy atom. The average molecular weight is 415 g/mol. The number of carbonyl (C=O) groups is 2. The van der Waals surface area contributed by atoms with Crippen molar-refractivity contribution in [2.24, 2.45) is 0 Å². The maximum Gasteiger partial charge on any atom is 0.269 e. The molecule has 0 radical (unpaired) electrons. The summed E-state index contributed by atoms with van der Waals surface area (Å²) in [6, 6.07) is 10.4. The molecule has 9 heteroatoms. The Balaban J connectivity index is 0.00000338. The van der Waals surface area contributed by atoms with Crippen LogP contribution in [0.1, 0.15) is 23.3 Å². The Morgan fingerprint density at radius 2 is 1.85 bits per heavy atom. The van der Waals surface area contributed by atoms with Crippen LogP contribution in [0, 0.1) is 0 Å². The van der Waals surface area contributed by atoms with E-state index in [1.807, 2.05) is 19.2 Å². The van der Waals surface area contributed by atoms with Gasteiger partial charge in [0.25, 0.3) is 5.91 Å². The highest BCUT2D eigenvalue weighted by atomic mass is 35.5. The third kappa shape index (κ3) is 7.82. The number of ether oxygens (including phenoxy) is 1. The monoisotopic (exact) mass is 414 g/mol. The average Bonchev–Trinajstić information content (AvgIpc) is 2.63. The number of halogens is 2. The Kier molecular flexibility index (Phi) is 11.8. The zero-order valence-electron chi connectivity index (χ0n) is 15.2. The molecule has 148 valence electrons. The highest BCUT2D eigenvalue weighted by Gasteiger charge is 2.10. The molecule has 27 heavy (non-hydrogen) atoms.